The van der Waals surface area contributed by atoms with Gasteiger partial charge in [-0.1, -0.05) is 13.3 Å². The molecule has 0 saturated carbocycles. The van der Waals surface area contributed by atoms with Crippen LogP contribution in [0.25, 0.3) is 0 Å². The van der Waals surface area contributed by atoms with Crippen molar-refractivity contribution in [3.63, 3.8) is 0 Å². The molecule has 2 rings (SSSR count). The second-order valence-electron chi connectivity index (χ2n) is 6.05. The van der Waals surface area contributed by atoms with Gasteiger partial charge >= 0.3 is 6.09 Å². The molecule has 1 aliphatic heterocycles. The quantitative estimate of drug-likeness (QED) is 0.608. The Labute approximate surface area is 162 Å². The van der Waals surface area contributed by atoms with E-state index in [1.165, 1.54) is 0 Å². The molecule has 1 aliphatic rings. The average Bonchev–Trinajstić information content (AvgIpc) is 2.64. The molecule has 0 aromatic heterocycles. The second-order valence-corrected chi connectivity index (χ2v) is 6.05. The van der Waals surface area contributed by atoms with Crippen molar-refractivity contribution in [2.45, 2.75) is 26.7 Å². The van der Waals surface area contributed by atoms with Gasteiger partial charge in [-0.15, -0.1) is 12.4 Å². The van der Waals surface area contributed by atoms with Gasteiger partial charge in [0.2, 0.25) is 0 Å². The van der Waals surface area contributed by atoms with Crippen LogP contribution < -0.4 is 9.47 Å². The van der Waals surface area contributed by atoms with Crippen molar-refractivity contribution >= 4 is 18.5 Å². The predicted octanol–water partition coefficient (Wildman–Crippen LogP) is 3.44. The van der Waals surface area contributed by atoms with Gasteiger partial charge in [-0.05, 0) is 37.6 Å². The van der Waals surface area contributed by atoms with E-state index >= 15 is 0 Å². The van der Waals surface area contributed by atoms with E-state index in [-0.39, 0.29) is 18.5 Å². The average molecular weight is 387 g/mol. The van der Waals surface area contributed by atoms with Gasteiger partial charge in [-0.2, -0.15) is 0 Å². The summed E-state index contributed by atoms with van der Waals surface area (Å²) in [5.74, 6) is 1.74. The molecule has 0 N–H and O–H groups in total. The van der Waals surface area contributed by atoms with Crippen LogP contribution in [0.1, 0.15) is 26.7 Å². The lowest BCUT2D eigenvalue weighted by Crippen LogP contribution is -2.49. The maximum atomic E-state index is 11.7. The molecule has 148 valence electrons. The number of rotatable bonds is 9. The Hall–Kier alpha value is -1.66. The zero-order chi connectivity index (χ0) is 17.9. The molecule has 1 saturated heterocycles. The highest BCUT2D eigenvalue weighted by atomic mass is 35.5. The molecule has 6 nitrogen and oxygen atoms in total. The van der Waals surface area contributed by atoms with Crippen LogP contribution in [0.15, 0.2) is 24.3 Å². The summed E-state index contributed by atoms with van der Waals surface area (Å²) in [6.45, 7) is 9.78. The van der Waals surface area contributed by atoms with E-state index in [0.29, 0.717) is 26.3 Å². The van der Waals surface area contributed by atoms with Crippen LogP contribution >= 0.6 is 12.4 Å². The molecule has 0 atom stereocenters. The lowest BCUT2D eigenvalue weighted by Gasteiger charge is -2.33. The Morgan fingerprint density at radius 2 is 1.54 bits per heavy atom. The summed E-state index contributed by atoms with van der Waals surface area (Å²) < 4.78 is 16.5. The van der Waals surface area contributed by atoms with Gasteiger partial charge in [0.05, 0.1) is 13.2 Å². The highest BCUT2D eigenvalue weighted by molar-refractivity contribution is 5.85. The van der Waals surface area contributed by atoms with Crippen molar-refractivity contribution in [1.82, 2.24) is 9.80 Å². The van der Waals surface area contributed by atoms with E-state index in [2.05, 4.69) is 11.8 Å². The summed E-state index contributed by atoms with van der Waals surface area (Å²) in [7, 11) is 0. The van der Waals surface area contributed by atoms with E-state index < -0.39 is 0 Å². The Kier molecular flexibility index (Phi) is 10.9. The molecule has 1 fully saturated rings. The summed E-state index contributed by atoms with van der Waals surface area (Å²) >= 11 is 0. The first-order valence-electron chi connectivity index (χ1n) is 9.22. The number of hydrogen-bond acceptors (Lipinski definition) is 5. The number of amides is 1. The maximum Gasteiger partial charge on any atom is 0.409 e. The molecule has 0 aliphatic carbocycles. The standard InChI is InChI=1S/C19H30N2O4.ClH/c1-3-5-15-24-17-6-8-18(9-7-17)25-16-14-20-10-12-21(13-11-20)19(22)23-4-2;/h6-9H,3-5,10-16H2,1-2H3;1H. The molecule has 1 aromatic rings. The number of unbranched alkanes of at least 4 members (excludes halogenated alkanes) is 1. The molecule has 0 radical (unpaired) electrons. The zero-order valence-electron chi connectivity index (χ0n) is 15.8. The van der Waals surface area contributed by atoms with Crippen molar-refractivity contribution in [2.24, 2.45) is 0 Å². The van der Waals surface area contributed by atoms with Crippen LogP contribution in [0.5, 0.6) is 11.5 Å². The topological polar surface area (TPSA) is 51.2 Å². The van der Waals surface area contributed by atoms with Crippen molar-refractivity contribution in [2.75, 3.05) is 52.5 Å². The summed E-state index contributed by atoms with van der Waals surface area (Å²) in [6, 6.07) is 7.78. The van der Waals surface area contributed by atoms with Gasteiger partial charge in [0.1, 0.15) is 18.1 Å². The fourth-order valence-corrected chi connectivity index (χ4v) is 2.63. The number of piperazine rings is 1. The third kappa shape index (κ3) is 7.70. The number of nitrogens with zero attached hydrogens (tertiary/aromatic N) is 2. The van der Waals surface area contributed by atoms with Gasteiger partial charge < -0.3 is 19.1 Å². The summed E-state index contributed by atoms with van der Waals surface area (Å²) in [4.78, 5) is 15.7. The number of ether oxygens (including phenoxy) is 3. The molecular formula is C19H31ClN2O4. The monoisotopic (exact) mass is 386 g/mol. The van der Waals surface area contributed by atoms with Crippen molar-refractivity contribution < 1.29 is 19.0 Å². The third-order valence-corrected chi connectivity index (χ3v) is 4.16. The van der Waals surface area contributed by atoms with Gasteiger partial charge in [0.15, 0.2) is 0 Å². The molecular weight excluding hydrogens is 356 g/mol. The molecule has 0 bridgehead atoms. The first-order chi connectivity index (χ1) is 12.2. The normalized spacial score (nSPS) is 14.5. The molecule has 26 heavy (non-hydrogen) atoms. The van der Waals surface area contributed by atoms with Crippen molar-refractivity contribution in [3.05, 3.63) is 24.3 Å². The first-order valence-corrected chi connectivity index (χ1v) is 9.22. The molecule has 0 spiro atoms. The fraction of sp³-hybridized carbons (Fsp3) is 0.632. The van der Waals surface area contributed by atoms with Crippen LogP contribution in [0.2, 0.25) is 0 Å². The van der Waals surface area contributed by atoms with E-state index in [4.69, 9.17) is 14.2 Å². The predicted molar refractivity (Wildman–Crippen MR) is 105 cm³/mol. The molecule has 1 aromatic carbocycles. The number of carbonyl (C=O) groups is 1. The fourth-order valence-electron chi connectivity index (χ4n) is 2.63. The lowest BCUT2D eigenvalue weighted by atomic mass is 10.3. The molecule has 7 heteroatoms. The Morgan fingerprint density at radius 3 is 2.08 bits per heavy atom. The molecule has 1 heterocycles. The Balaban J connectivity index is 0.00000338. The zero-order valence-corrected chi connectivity index (χ0v) is 16.6. The third-order valence-electron chi connectivity index (χ3n) is 4.16. The minimum Gasteiger partial charge on any atom is -0.494 e. The van der Waals surface area contributed by atoms with Gasteiger partial charge in [0.25, 0.3) is 0 Å². The SMILES string of the molecule is CCCCOc1ccc(OCCN2CCN(C(=O)OCC)CC2)cc1.Cl. The summed E-state index contributed by atoms with van der Waals surface area (Å²) in [5, 5.41) is 0. The highest BCUT2D eigenvalue weighted by Gasteiger charge is 2.21. The van der Waals surface area contributed by atoms with Crippen LogP contribution in [0.3, 0.4) is 0 Å². The number of hydrogen-bond donors (Lipinski definition) is 0. The van der Waals surface area contributed by atoms with Gasteiger partial charge in [0, 0.05) is 32.7 Å². The summed E-state index contributed by atoms with van der Waals surface area (Å²) in [6.07, 6.45) is 2.00. The van der Waals surface area contributed by atoms with Gasteiger partial charge in [-0.25, -0.2) is 4.79 Å². The second kappa shape index (κ2) is 12.7. The smallest absolute Gasteiger partial charge is 0.409 e. The molecule has 1 amide bonds. The van der Waals surface area contributed by atoms with E-state index in [0.717, 1.165) is 50.6 Å². The minimum absolute atomic E-state index is 0. The minimum atomic E-state index is -0.209. The first kappa shape index (κ1) is 22.4. The molecule has 0 unspecified atom stereocenters. The van der Waals surface area contributed by atoms with E-state index in [1.54, 1.807) is 4.90 Å². The number of halogens is 1. The van der Waals surface area contributed by atoms with Crippen molar-refractivity contribution in [1.29, 1.82) is 0 Å². The highest BCUT2D eigenvalue weighted by Crippen LogP contribution is 2.18. The van der Waals surface area contributed by atoms with E-state index in [1.807, 2.05) is 31.2 Å². The van der Waals surface area contributed by atoms with Crippen molar-refractivity contribution in [3.8, 4) is 11.5 Å². The maximum absolute atomic E-state index is 11.7. The van der Waals surface area contributed by atoms with Crippen LogP contribution in [0.4, 0.5) is 4.79 Å². The number of benzene rings is 1. The largest absolute Gasteiger partial charge is 0.494 e. The lowest BCUT2D eigenvalue weighted by molar-refractivity contribution is 0.0757. The Bertz CT molecular complexity index is 505. The van der Waals surface area contributed by atoms with Gasteiger partial charge in [-0.3, -0.25) is 4.90 Å². The number of carbonyl (C=O) groups excluding carboxylic acids is 1. The van der Waals surface area contributed by atoms with Crippen LogP contribution in [0, 0.1) is 0 Å². The van der Waals surface area contributed by atoms with Crippen LogP contribution in [-0.2, 0) is 4.74 Å². The Morgan fingerprint density at radius 1 is 0.962 bits per heavy atom. The van der Waals surface area contributed by atoms with E-state index in [9.17, 15) is 4.79 Å². The summed E-state index contributed by atoms with van der Waals surface area (Å²) in [5.41, 5.74) is 0. The van der Waals surface area contributed by atoms with Crippen LogP contribution in [-0.4, -0.2) is 68.4 Å².